The van der Waals surface area contributed by atoms with E-state index in [-0.39, 0.29) is 24.5 Å². The second-order valence-corrected chi connectivity index (χ2v) is 6.44. The van der Waals surface area contributed by atoms with Crippen LogP contribution < -0.4 is 10.8 Å². The Hall–Kier alpha value is -2.58. The first kappa shape index (κ1) is 21.7. The van der Waals surface area contributed by atoms with Gasteiger partial charge in [-0.25, -0.2) is 18.7 Å². The van der Waals surface area contributed by atoms with Crippen molar-refractivity contribution in [2.45, 2.75) is 26.7 Å². The summed E-state index contributed by atoms with van der Waals surface area (Å²) in [6, 6.07) is 6.27. The lowest BCUT2D eigenvalue weighted by Crippen LogP contribution is -2.26. The molecular formula is C20H23F3N2O3. The van der Waals surface area contributed by atoms with E-state index < -0.39 is 29.0 Å². The van der Waals surface area contributed by atoms with Gasteiger partial charge in [0.25, 0.3) is 5.91 Å². The molecule has 2 rings (SSSR count). The van der Waals surface area contributed by atoms with Crippen molar-refractivity contribution in [1.29, 1.82) is 0 Å². The fraction of sp³-hybridized carbons (Fsp3) is 0.350. The van der Waals surface area contributed by atoms with Crippen LogP contribution in [0.15, 0.2) is 30.3 Å². The van der Waals surface area contributed by atoms with Crippen LogP contribution in [0.25, 0.3) is 0 Å². The SMILES string of the molecule is CC[C@@H](C)Cc1ccc(Nc2c(C(=O)NOCCO)ccc(F)c2F)c(F)c1. The molecule has 0 aliphatic carbocycles. The highest BCUT2D eigenvalue weighted by Gasteiger charge is 2.20. The molecule has 152 valence electrons. The van der Waals surface area contributed by atoms with Gasteiger partial charge in [0.15, 0.2) is 11.6 Å². The van der Waals surface area contributed by atoms with E-state index in [1.54, 1.807) is 6.07 Å². The number of aliphatic hydroxyl groups is 1. The Labute approximate surface area is 161 Å². The summed E-state index contributed by atoms with van der Waals surface area (Å²) in [5.74, 6) is -3.65. The number of hydroxylamine groups is 1. The summed E-state index contributed by atoms with van der Waals surface area (Å²) in [4.78, 5) is 16.8. The number of hydrogen-bond donors (Lipinski definition) is 3. The number of benzene rings is 2. The number of halogens is 3. The number of hydrogen-bond acceptors (Lipinski definition) is 4. The van der Waals surface area contributed by atoms with Gasteiger partial charge in [0, 0.05) is 0 Å². The average molecular weight is 396 g/mol. The van der Waals surface area contributed by atoms with Gasteiger partial charge in [-0.05, 0) is 42.2 Å². The number of nitrogens with one attached hydrogen (secondary N) is 2. The topological polar surface area (TPSA) is 70.6 Å². The molecule has 0 saturated carbocycles. The second-order valence-electron chi connectivity index (χ2n) is 6.44. The second kappa shape index (κ2) is 10.1. The van der Waals surface area contributed by atoms with Gasteiger partial charge < -0.3 is 10.4 Å². The largest absolute Gasteiger partial charge is 0.394 e. The van der Waals surface area contributed by atoms with Crippen LogP contribution in [0, 0.1) is 23.4 Å². The van der Waals surface area contributed by atoms with Gasteiger partial charge in [0.1, 0.15) is 5.82 Å². The van der Waals surface area contributed by atoms with E-state index in [4.69, 9.17) is 9.94 Å². The minimum atomic E-state index is -1.32. The van der Waals surface area contributed by atoms with Gasteiger partial charge in [-0.15, -0.1) is 0 Å². The van der Waals surface area contributed by atoms with Crippen LogP contribution in [-0.4, -0.2) is 24.2 Å². The lowest BCUT2D eigenvalue weighted by atomic mass is 9.98. The van der Waals surface area contributed by atoms with E-state index in [1.807, 2.05) is 12.4 Å². The van der Waals surface area contributed by atoms with E-state index in [9.17, 15) is 18.0 Å². The van der Waals surface area contributed by atoms with E-state index in [1.165, 1.54) is 12.1 Å². The van der Waals surface area contributed by atoms with Gasteiger partial charge in [0.05, 0.1) is 30.2 Å². The molecule has 0 radical (unpaired) electrons. The number of carbonyl (C=O) groups excluding carboxylic acids is 1. The molecule has 0 heterocycles. The summed E-state index contributed by atoms with van der Waals surface area (Å²) < 4.78 is 42.5. The molecule has 0 aromatic heterocycles. The maximum atomic E-state index is 14.5. The van der Waals surface area contributed by atoms with Crippen molar-refractivity contribution in [3.63, 3.8) is 0 Å². The highest BCUT2D eigenvalue weighted by atomic mass is 19.2. The minimum absolute atomic E-state index is 0.0947. The molecule has 2 aromatic carbocycles. The van der Waals surface area contributed by atoms with Crippen LogP contribution >= 0.6 is 0 Å². The van der Waals surface area contributed by atoms with Crippen molar-refractivity contribution in [1.82, 2.24) is 5.48 Å². The Morgan fingerprint density at radius 2 is 1.93 bits per heavy atom. The molecule has 8 heteroatoms. The predicted molar refractivity (Wildman–Crippen MR) is 99.7 cm³/mol. The zero-order valence-corrected chi connectivity index (χ0v) is 15.7. The molecule has 1 atom stereocenters. The third-order valence-corrected chi connectivity index (χ3v) is 4.27. The van der Waals surface area contributed by atoms with E-state index in [0.717, 1.165) is 24.1 Å². The van der Waals surface area contributed by atoms with Crippen LogP contribution in [0.4, 0.5) is 24.5 Å². The molecule has 1 amide bonds. The summed E-state index contributed by atoms with van der Waals surface area (Å²) in [5, 5.41) is 11.1. The van der Waals surface area contributed by atoms with Crippen molar-refractivity contribution in [2.75, 3.05) is 18.5 Å². The summed E-state index contributed by atoms with van der Waals surface area (Å²) >= 11 is 0. The lowest BCUT2D eigenvalue weighted by Gasteiger charge is -2.15. The van der Waals surface area contributed by atoms with Crippen molar-refractivity contribution >= 4 is 17.3 Å². The van der Waals surface area contributed by atoms with E-state index in [0.29, 0.717) is 12.3 Å². The first-order valence-electron chi connectivity index (χ1n) is 8.93. The summed E-state index contributed by atoms with van der Waals surface area (Å²) in [7, 11) is 0. The molecule has 0 saturated heterocycles. The lowest BCUT2D eigenvalue weighted by molar-refractivity contribution is 0.0168. The van der Waals surface area contributed by atoms with Gasteiger partial charge in [-0.3, -0.25) is 9.63 Å². The fourth-order valence-corrected chi connectivity index (χ4v) is 2.55. The number of aliphatic hydroxyl groups excluding tert-OH is 1. The van der Waals surface area contributed by atoms with Gasteiger partial charge in [0.2, 0.25) is 0 Å². The third-order valence-electron chi connectivity index (χ3n) is 4.27. The Balaban J connectivity index is 2.29. The molecule has 0 bridgehead atoms. The highest BCUT2D eigenvalue weighted by Crippen LogP contribution is 2.28. The monoisotopic (exact) mass is 396 g/mol. The van der Waals surface area contributed by atoms with Crippen molar-refractivity contribution in [3.8, 4) is 0 Å². The smallest absolute Gasteiger partial charge is 0.277 e. The molecule has 0 aliphatic rings. The first-order valence-corrected chi connectivity index (χ1v) is 8.93. The molecule has 0 spiro atoms. The molecule has 3 N–H and O–H groups in total. The third kappa shape index (κ3) is 5.46. The quantitative estimate of drug-likeness (QED) is 0.441. The summed E-state index contributed by atoms with van der Waals surface area (Å²) in [6.07, 6.45) is 1.64. The predicted octanol–water partition coefficient (Wildman–Crippen LogP) is 4.09. The van der Waals surface area contributed by atoms with Crippen LogP contribution in [0.2, 0.25) is 0 Å². The fourth-order valence-electron chi connectivity index (χ4n) is 2.55. The van der Waals surface area contributed by atoms with E-state index >= 15 is 0 Å². The number of anilines is 2. The first-order chi connectivity index (χ1) is 13.4. The average Bonchev–Trinajstić information content (AvgIpc) is 2.67. The van der Waals surface area contributed by atoms with Crippen LogP contribution in [-0.2, 0) is 11.3 Å². The number of amides is 1. The molecule has 0 fully saturated rings. The number of carbonyl (C=O) groups is 1. The Bertz CT molecular complexity index is 831. The van der Waals surface area contributed by atoms with Crippen LogP contribution in [0.5, 0.6) is 0 Å². The Morgan fingerprint density at radius 1 is 1.18 bits per heavy atom. The van der Waals surface area contributed by atoms with Gasteiger partial charge in [-0.2, -0.15) is 0 Å². The molecular weight excluding hydrogens is 373 g/mol. The minimum Gasteiger partial charge on any atom is -0.394 e. The molecule has 2 aromatic rings. The zero-order valence-electron chi connectivity index (χ0n) is 15.7. The molecule has 5 nitrogen and oxygen atoms in total. The van der Waals surface area contributed by atoms with Crippen molar-refractivity contribution in [2.24, 2.45) is 5.92 Å². The maximum Gasteiger partial charge on any atom is 0.277 e. The Morgan fingerprint density at radius 3 is 2.57 bits per heavy atom. The highest BCUT2D eigenvalue weighted by molar-refractivity contribution is 5.99. The molecule has 0 aliphatic heterocycles. The Kier molecular flexibility index (Phi) is 7.83. The zero-order chi connectivity index (χ0) is 20.7. The molecule has 28 heavy (non-hydrogen) atoms. The van der Waals surface area contributed by atoms with E-state index in [2.05, 4.69) is 12.2 Å². The van der Waals surface area contributed by atoms with Crippen LogP contribution in [0.1, 0.15) is 36.2 Å². The summed E-state index contributed by atoms with van der Waals surface area (Å²) in [6.45, 7) is 3.58. The van der Waals surface area contributed by atoms with Gasteiger partial charge in [-0.1, -0.05) is 26.3 Å². The van der Waals surface area contributed by atoms with Crippen molar-refractivity contribution < 1.29 is 27.9 Å². The van der Waals surface area contributed by atoms with Crippen LogP contribution in [0.3, 0.4) is 0 Å². The van der Waals surface area contributed by atoms with Gasteiger partial charge >= 0.3 is 0 Å². The maximum absolute atomic E-state index is 14.5. The summed E-state index contributed by atoms with van der Waals surface area (Å²) in [5.41, 5.74) is 1.90. The standard InChI is InChI=1S/C20H23F3N2O3/c1-3-12(2)10-13-4-7-17(16(22)11-13)24-19-14(5-6-15(21)18(19)23)20(27)25-28-9-8-26/h4-7,11-12,24,26H,3,8-10H2,1-2H3,(H,25,27)/t12-/m1/s1. The molecule has 0 unspecified atom stereocenters. The normalized spacial score (nSPS) is 11.9. The number of rotatable bonds is 9. The van der Waals surface area contributed by atoms with Crippen molar-refractivity contribution in [3.05, 3.63) is 58.9 Å².